The van der Waals surface area contributed by atoms with E-state index in [1.165, 1.54) is 0 Å². The summed E-state index contributed by atoms with van der Waals surface area (Å²) in [4.78, 5) is 12.6. The molecule has 3 aromatic carbocycles. The number of para-hydroxylation sites is 1. The molecule has 0 unspecified atom stereocenters. The molecule has 1 amide bonds. The number of amides is 1. The fourth-order valence-electron chi connectivity index (χ4n) is 2.89. The van der Waals surface area contributed by atoms with Crippen LogP contribution in [0.15, 0.2) is 83.8 Å². The highest BCUT2D eigenvalue weighted by molar-refractivity contribution is 7.92. The Kier molecular flexibility index (Phi) is 6.64. The van der Waals surface area contributed by atoms with Crippen molar-refractivity contribution >= 4 is 21.6 Å². The molecule has 150 valence electrons. The van der Waals surface area contributed by atoms with Gasteiger partial charge in [0.05, 0.1) is 22.8 Å². The molecule has 0 spiro atoms. The van der Waals surface area contributed by atoms with Gasteiger partial charge in [0.1, 0.15) is 0 Å². The molecule has 2 N–H and O–H groups in total. The minimum absolute atomic E-state index is 0.140. The van der Waals surface area contributed by atoms with Crippen molar-refractivity contribution in [1.29, 1.82) is 0 Å². The summed E-state index contributed by atoms with van der Waals surface area (Å²) in [6.45, 7) is 0.692. The van der Waals surface area contributed by atoms with Crippen LogP contribution in [0.4, 0.5) is 5.69 Å². The molecule has 29 heavy (non-hydrogen) atoms. The summed E-state index contributed by atoms with van der Waals surface area (Å²) in [7, 11) is -2.39. The Morgan fingerprint density at radius 1 is 0.897 bits per heavy atom. The third-order valence-electron chi connectivity index (χ3n) is 4.27. The van der Waals surface area contributed by atoms with Crippen LogP contribution in [0, 0.1) is 0 Å². The van der Waals surface area contributed by atoms with E-state index in [1.54, 1.807) is 55.6 Å². The van der Waals surface area contributed by atoms with Gasteiger partial charge in [0.15, 0.2) is 0 Å². The summed E-state index contributed by atoms with van der Waals surface area (Å²) in [5.74, 6) is -0.378. The molecule has 0 aliphatic rings. The zero-order valence-electron chi connectivity index (χ0n) is 16.0. The van der Waals surface area contributed by atoms with Gasteiger partial charge in [-0.3, -0.25) is 9.52 Å². The molecular weight excluding hydrogens is 388 g/mol. The highest BCUT2D eigenvalue weighted by Crippen LogP contribution is 2.29. The fourth-order valence-corrected chi connectivity index (χ4v) is 4.20. The number of hydrogen-bond donors (Lipinski definition) is 2. The number of methoxy groups -OCH3 is 1. The van der Waals surface area contributed by atoms with Gasteiger partial charge >= 0.3 is 0 Å². The molecule has 0 saturated heterocycles. The summed E-state index contributed by atoms with van der Waals surface area (Å²) >= 11 is 0. The Balaban J connectivity index is 1.93. The van der Waals surface area contributed by atoms with Crippen LogP contribution in [0.5, 0.6) is 0 Å². The molecule has 0 aliphatic heterocycles. The second-order valence-electron chi connectivity index (χ2n) is 6.26. The van der Waals surface area contributed by atoms with E-state index in [2.05, 4.69) is 10.0 Å². The number of carbonyl (C=O) groups is 1. The average molecular weight is 410 g/mol. The topological polar surface area (TPSA) is 84.5 Å². The van der Waals surface area contributed by atoms with Gasteiger partial charge in [0.25, 0.3) is 15.9 Å². The maximum absolute atomic E-state index is 13.2. The van der Waals surface area contributed by atoms with Crippen molar-refractivity contribution in [2.24, 2.45) is 0 Å². The van der Waals surface area contributed by atoms with E-state index < -0.39 is 10.0 Å². The standard InChI is InChI=1S/C22H22N2O4S/c1-28-16-15-23-22(25)19-12-5-7-13-20(19)24-29(26,27)21-14-8-6-11-18(21)17-9-3-2-4-10-17/h2-14,24H,15-16H2,1H3,(H,23,25). The summed E-state index contributed by atoms with van der Waals surface area (Å²) in [5.41, 5.74) is 1.83. The van der Waals surface area contributed by atoms with E-state index in [0.717, 1.165) is 5.56 Å². The Bertz CT molecular complexity index is 1080. The Labute approximate surface area is 170 Å². The number of rotatable bonds is 8. The smallest absolute Gasteiger partial charge is 0.262 e. The van der Waals surface area contributed by atoms with Crippen LogP contribution >= 0.6 is 0 Å². The third-order valence-corrected chi connectivity index (χ3v) is 5.69. The number of carbonyl (C=O) groups excluding carboxylic acids is 1. The summed E-state index contributed by atoms with van der Waals surface area (Å²) < 4.78 is 33.8. The van der Waals surface area contributed by atoms with Crippen molar-refractivity contribution in [2.75, 3.05) is 25.0 Å². The molecule has 6 nitrogen and oxygen atoms in total. The molecule has 0 saturated carbocycles. The van der Waals surface area contributed by atoms with Crippen LogP contribution in [0.25, 0.3) is 11.1 Å². The molecular formula is C22H22N2O4S. The Morgan fingerprint density at radius 3 is 2.31 bits per heavy atom. The monoisotopic (exact) mass is 410 g/mol. The van der Waals surface area contributed by atoms with Gasteiger partial charge in [-0.05, 0) is 23.8 Å². The lowest BCUT2D eigenvalue weighted by Crippen LogP contribution is -2.28. The highest BCUT2D eigenvalue weighted by atomic mass is 32.2. The van der Waals surface area contributed by atoms with Crippen molar-refractivity contribution in [3.63, 3.8) is 0 Å². The van der Waals surface area contributed by atoms with Crippen LogP contribution in [0.3, 0.4) is 0 Å². The SMILES string of the molecule is COCCNC(=O)c1ccccc1NS(=O)(=O)c1ccccc1-c1ccccc1. The Hall–Kier alpha value is -3.16. The molecule has 0 bridgehead atoms. The average Bonchev–Trinajstić information content (AvgIpc) is 2.74. The minimum atomic E-state index is -3.93. The van der Waals surface area contributed by atoms with Crippen molar-refractivity contribution in [1.82, 2.24) is 5.32 Å². The van der Waals surface area contributed by atoms with E-state index in [4.69, 9.17) is 4.74 Å². The van der Waals surface area contributed by atoms with Gasteiger partial charge in [0.2, 0.25) is 0 Å². The van der Waals surface area contributed by atoms with Gasteiger partial charge in [-0.1, -0.05) is 60.7 Å². The van der Waals surface area contributed by atoms with Gasteiger partial charge in [-0.2, -0.15) is 0 Å². The summed E-state index contributed by atoms with van der Waals surface area (Å²) in [6, 6.07) is 22.5. The quantitative estimate of drug-likeness (QED) is 0.557. The lowest BCUT2D eigenvalue weighted by Gasteiger charge is -2.15. The molecule has 7 heteroatoms. The van der Waals surface area contributed by atoms with Crippen molar-refractivity contribution in [3.05, 3.63) is 84.4 Å². The van der Waals surface area contributed by atoms with Crippen LogP contribution < -0.4 is 10.0 Å². The number of sulfonamides is 1. The van der Waals surface area contributed by atoms with E-state index in [-0.39, 0.29) is 22.1 Å². The number of ether oxygens (including phenoxy) is 1. The van der Waals surface area contributed by atoms with E-state index in [0.29, 0.717) is 18.7 Å². The van der Waals surface area contributed by atoms with Gasteiger partial charge in [0, 0.05) is 19.2 Å². The molecule has 0 heterocycles. The normalized spacial score (nSPS) is 11.1. The lowest BCUT2D eigenvalue weighted by molar-refractivity contribution is 0.0938. The Morgan fingerprint density at radius 2 is 1.55 bits per heavy atom. The predicted octanol–water partition coefficient (Wildman–Crippen LogP) is 3.53. The number of anilines is 1. The highest BCUT2D eigenvalue weighted by Gasteiger charge is 2.21. The maximum Gasteiger partial charge on any atom is 0.262 e. The van der Waals surface area contributed by atoms with E-state index >= 15 is 0 Å². The second kappa shape index (κ2) is 9.36. The minimum Gasteiger partial charge on any atom is -0.383 e. The van der Waals surface area contributed by atoms with Crippen molar-refractivity contribution in [3.8, 4) is 11.1 Å². The summed E-state index contributed by atoms with van der Waals surface area (Å²) in [5, 5.41) is 2.70. The van der Waals surface area contributed by atoms with Gasteiger partial charge < -0.3 is 10.1 Å². The zero-order valence-corrected chi connectivity index (χ0v) is 16.8. The largest absolute Gasteiger partial charge is 0.383 e. The zero-order chi connectivity index (χ0) is 20.7. The summed E-state index contributed by atoms with van der Waals surface area (Å²) in [6.07, 6.45) is 0. The van der Waals surface area contributed by atoms with Crippen LogP contribution in [-0.2, 0) is 14.8 Å². The number of benzene rings is 3. The van der Waals surface area contributed by atoms with E-state index in [1.807, 2.05) is 30.3 Å². The van der Waals surface area contributed by atoms with Crippen LogP contribution in [-0.4, -0.2) is 34.6 Å². The molecule has 0 aliphatic carbocycles. The second-order valence-corrected chi connectivity index (χ2v) is 7.91. The molecule has 0 aromatic heterocycles. The fraction of sp³-hybridized carbons (Fsp3) is 0.136. The maximum atomic E-state index is 13.2. The predicted molar refractivity (Wildman–Crippen MR) is 113 cm³/mol. The number of hydrogen-bond acceptors (Lipinski definition) is 4. The number of nitrogens with one attached hydrogen (secondary N) is 2. The first-order valence-corrected chi connectivity index (χ1v) is 10.5. The lowest BCUT2D eigenvalue weighted by atomic mass is 10.1. The first kappa shape index (κ1) is 20.6. The molecule has 0 atom stereocenters. The first-order chi connectivity index (χ1) is 14.0. The molecule has 3 rings (SSSR count). The van der Waals surface area contributed by atoms with Crippen LogP contribution in [0.2, 0.25) is 0 Å². The van der Waals surface area contributed by atoms with Crippen molar-refractivity contribution in [2.45, 2.75) is 4.90 Å². The van der Waals surface area contributed by atoms with E-state index in [9.17, 15) is 13.2 Å². The van der Waals surface area contributed by atoms with Gasteiger partial charge in [-0.15, -0.1) is 0 Å². The first-order valence-electron chi connectivity index (χ1n) is 9.06. The molecule has 0 fully saturated rings. The molecule has 3 aromatic rings. The van der Waals surface area contributed by atoms with Crippen molar-refractivity contribution < 1.29 is 17.9 Å². The van der Waals surface area contributed by atoms with Crippen LogP contribution in [0.1, 0.15) is 10.4 Å². The molecule has 0 radical (unpaired) electrons. The third kappa shape index (κ3) is 5.01. The van der Waals surface area contributed by atoms with Gasteiger partial charge in [-0.25, -0.2) is 8.42 Å².